The quantitative estimate of drug-likeness (QED) is 0.426. The molecule has 180 valence electrons. The van der Waals surface area contributed by atoms with Crippen LogP contribution in [0.3, 0.4) is 0 Å². The highest BCUT2D eigenvalue weighted by Gasteiger charge is 2.30. The van der Waals surface area contributed by atoms with Gasteiger partial charge >= 0.3 is 6.18 Å². The highest BCUT2D eigenvalue weighted by molar-refractivity contribution is 5.56. The number of aryl methyl sites for hydroxylation is 1. The van der Waals surface area contributed by atoms with Crippen molar-refractivity contribution < 1.29 is 13.2 Å². The van der Waals surface area contributed by atoms with Gasteiger partial charge in [0.1, 0.15) is 5.82 Å². The number of nitrogens with zero attached hydrogens (tertiary/aromatic N) is 3. The smallest absolute Gasteiger partial charge is 0.318 e. The van der Waals surface area contributed by atoms with Crippen LogP contribution in [0.15, 0.2) is 65.5 Å². The molecule has 0 atom stereocenters. The third-order valence-electron chi connectivity index (χ3n) is 6.58. The van der Waals surface area contributed by atoms with Gasteiger partial charge < -0.3 is 9.55 Å². The van der Waals surface area contributed by atoms with E-state index < -0.39 is 11.7 Å². The number of benzene rings is 2. The molecule has 35 heavy (non-hydrogen) atoms. The zero-order chi connectivity index (χ0) is 24.7. The zero-order valence-electron chi connectivity index (χ0n) is 19.5. The molecule has 0 saturated heterocycles. The summed E-state index contributed by atoms with van der Waals surface area (Å²) in [5.74, 6) is 0.294. The lowest BCUT2D eigenvalue weighted by atomic mass is 10.0. The number of fused-ring (bicyclic) bond motifs is 1. The lowest BCUT2D eigenvalue weighted by Crippen LogP contribution is -2.35. The zero-order valence-corrected chi connectivity index (χ0v) is 19.5. The highest BCUT2D eigenvalue weighted by atomic mass is 19.4. The number of hydrogen-bond donors (Lipinski definition) is 1. The predicted molar refractivity (Wildman–Crippen MR) is 128 cm³/mol. The predicted octanol–water partition coefficient (Wildman–Crippen LogP) is 5.42. The topological polar surface area (TPSA) is 53.9 Å². The molecule has 8 heteroatoms. The molecule has 5 rings (SSSR count). The number of aromatic nitrogens is 3. The summed E-state index contributed by atoms with van der Waals surface area (Å²) in [5.41, 5.74) is 5.45. The van der Waals surface area contributed by atoms with Gasteiger partial charge in [-0.05, 0) is 49.7 Å². The third kappa shape index (κ3) is 4.53. The van der Waals surface area contributed by atoms with Crippen LogP contribution >= 0.6 is 0 Å². The van der Waals surface area contributed by atoms with Crippen LogP contribution in [0.2, 0.25) is 0 Å². The fourth-order valence-electron chi connectivity index (χ4n) is 4.77. The minimum absolute atomic E-state index is 0.246. The summed E-state index contributed by atoms with van der Waals surface area (Å²) in [6.45, 7) is 6.13. The Morgan fingerprint density at radius 2 is 1.74 bits per heavy atom. The average Bonchev–Trinajstić information content (AvgIpc) is 3.12. The van der Waals surface area contributed by atoms with E-state index in [-0.39, 0.29) is 5.56 Å². The van der Waals surface area contributed by atoms with Crippen LogP contribution in [0.25, 0.3) is 17.1 Å². The first-order valence-corrected chi connectivity index (χ1v) is 11.5. The van der Waals surface area contributed by atoms with E-state index in [4.69, 9.17) is 0 Å². The summed E-state index contributed by atoms with van der Waals surface area (Å²) in [7, 11) is 0. The van der Waals surface area contributed by atoms with Crippen LogP contribution < -0.4 is 5.56 Å². The average molecular weight is 479 g/mol. The first kappa shape index (κ1) is 23.1. The van der Waals surface area contributed by atoms with Crippen molar-refractivity contribution in [1.82, 2.24) is 19.4 Å². The molecule has 1 aliphatic rings. The molecule has 0 spiro atoms. The largest absolute Gasteiger partial charge is 0.416 e. The van der Waals surface area contributed by atoms with E-state index in [9.17, 15) is 18.0 Å². The van der Waals surface area contributed by atoms with Crippen LogP contribution in [-0.2, 0) is 25.7 Å². The maximum atomic E-state index is 12.9. The standard InChI is InChI=1S/C27H25F3N4O/c1-17-14-20(18(2)34(17)22-6-4-3-5-7-22)15-33-13-12-24-23(16-33)26(35)32-25(31-24)19-8-10-21(11-9-19)27(28,29)30/h3-11,14H,12-13,15-16H2,1-2H3,(H,31,32,35). The molecule has 0 radical (unpaired) electrons. The van der Waals surface area contributed by atoms with Crippen molar-refractivity contribution in [3.63, 3.8) is 0 Å². The second-order valence-electron chi connectivity index (χ2n) is 8.94. The maximum Gasteiger partial charge on any atom is 0.416 e. The van der Waals surface area contributed by atoms with Crippen molar-refractivity contribution >= 4 is 0 Å². The van der Waals surface area contributed by atoms with E-state index in [0.717, 1.165) is 30.1 Å². The van der Waals surface area contributed by atoms with Gasteiger partial charge in [0.2, 0.25) is 0 Å². The molecule has 5 nitrogen and oxygen atoms in total. The number of halogens is 3. The summed E-state index contributed by atoms with van der Waals surface area (Å²) in [6.07, 6.45) is -3.80. The van der Waals surface area contributed by atoms with Gasteiger partial charge in [0.25, 0.3) is 5.56 Å². The molecule has 0 fully saturated rings. The van der Waals surface area contributed by atoms with Crippen molar-refractivity contribution in [1.29, 1.82) is 0 Å². The molecule has 0 saturated carbocycles. The Kier molecular flexibility index (Phi) is 5.84. The number of hydrogen-bond acceptors (Lipinski definition) is 3. The lowest BCUT2D eigenvalue weighted by Gasteiger charge is -2.27. The molecule has 1 aliphatic heterocycles. The molecule has 0 unspecified atom stereocenters. The molecule has 0 amide bonds. The van der Waals surface area contributed by atoms with Gasteiger partial charge in [-0.1, -0.05) is 30.3 Å². The van der Waals surface area contributed by atoms with E-state index >= 15 is 0 Å². The lowest BCUT2D eigenvalue weighted by molar-refractivity contribution is -0.137. The van der Waals surface area contributed by atoms with E-state index in [1.54, 1.807) is 0 Å². The number of rotatable bonds is 4. The molecule has 2 aromatic heterocycles. The molecular formula is C27H25F3N4O. The molecule has 0 aliphatic carbocycles. The minimum atomic E-state index is -4.41. The van der Waals surface area contributed by atoms with Gasteiger partial charge in [0.05, 0.1) is 16.8 Å². The summed E-state index contributed by atoms with van der Waals surface area (Å²) < 4.78 is 40.8. The monoisotopic (exact) mass is 478 g/mol. The van der Waals surface area contributed by atoms with Gasteiger partial charge in [0, 0.05) is 48.7 Å². The fourth-order valence-corrected chi connectivity index (χ4v) is 4.77. The Morgan fingerprint density at radius 3 is 2.43 bits per heavy atom. The highest BCUT2D eigenvalue weighted by Crippen LogP contribution is 2.30. The summed E-state index contributed by atoms with van der Waals surface area (Å²) in [4.78, 5) is 22.5. The normalized spacial score (nSPS) is 14.2. The molecule has 2 aromatic carbocycles. The second-order valence-corrected chi connectivity index (χ2v) is 8.94. The fraction of sp³-hybridized carbons (Fsp3) is 0.259. The van der Waals surface area contributed by atoms with Crippen molar-refractivity contribution in [2.24, 2.45) is 0 Å². The molecule has 1 N–H and O–H groups in total. The van der Waals surface area contributed by atoms with Crippen molar-refractivity contribution in [3.8, 4) is 17.1 Å². The van der Waals surface area contributed by atoms with Crippen LogP contribution in [0.1, 0.15) is 33.8 Å². The maximum absolute atomic E-state index is 12.9. The number of alkyl halides is 3. The van der Waals surface area contributed by atoms with Crippen LogP contribution in [0.5, 0.6) is 0 Å². The first-order valence-electron chi connectivity index (χ1n) is 11.5. The Morgan fingerprint density at radius 1 is 1.03 bits per heavy atom. The minimum Gasteiger partial charge on any atom is -0.318 e. The van der Waals surface area contributed by atoms with E-state index in [0.29, 0.717) is 42.2 Å². The Labute approximate surface area is 200 Å². The third-order valence-corrected chi connectivity index (χ3v) is 6.58. The van der Waals surface area contributed by atoms with E-state index in [1.807, 2.05) is 18.2 Å². The summed E-state index contributed by atoms with van der Waals surface area (Å²) in [5, 5.41) is 0. The number of nitrogens with one attached hydrogen (secondary N) is 1. The van der Waals surface area contributed by atoms with Crippen LogP contribution in [0, 0.1) is 13.8 Å². The van der Waals surface area contributed by atoms with Crippen molar-refractivity contribution in [3.05, 3.63) is 105 Å². The van der Waals surface area contributed by atoms with Crippen LogP contribution in [0.4, 0.5) is 13.2 Å². The number of aromatic amines is 1. The van der Waals surface area contributed by atoms with Gasteiger partial charge in [-0.15, -0.1) is 0 Å². The first-order chi connectivity index (χ1) is 16.7. The van der Waals surface area contributed by atoms with E-state index in [2.05, 4.69) is 51.5 Å². The van der Waals surface area contributed by atoms with Gasteiger partial charge in [-0.25, -0.2) is 4.98 Å². The molecule has 4 aromatic rings. The Bertz CT molecular complexity index is 1420. The number of para-hydroxylation sites is 1. The SMILES string of the molecule is Cc1cc(CN2CCc3nc(-c4ccc(C(F)(F)F)cc4)[nH]c(=O)c3C2)c(C)n1-c1ccccc1. The Balaban J connectivity index is 1.36. The van der Waals surface area contributed by atoms with E-state index in [1.165, 1.54) is 23.4 Å². The van der Waals surface area contributed by atoms with Crippen molar-refractivity contribution in [2.45, 2.75) is 39.5 Å². The molecule has 3 heterocycles. The molecular weight excluding hydrogens is 453 g/mol. The second kappa shape index (κ2) is 8.85. The van der Waals surface area contributed by atoms with Gasteiger partial charge in [-0.3, -0.25) is 9.69 Å². The number of H-pyrrole nitrogens is 1. The van der Waals surface area contributed by atoms with Crippen LogP contribution in [-0.4, -0.2) is 26.0 Å². The summed E-state index contributed by atoms with van der Waals surface area (Å²) >= 11 is 0. The van der Waals surface area contributed by atoms with Gasteiger partial charge in [-0.2, -0.15) is 13.2 Å². The Hall–Kier alpha value is -3.65. The summed E-state index contributed by atoms with van der Waals surface area (Å²) in [6, 6.07) is 17.1. The molecule has 0 bridgehead atoms. The van der Waals surface area contributed by atoms with Gasteiger partial charge in [0.15, 0.2) is 0 Å². The van der Waals surface area contributed by atoms with Crippen molar-refractivity contribution in [2.75, 3.05) is 6.54 Å².